The number of para-hydroxylation sites is 1. The minimum atomic E-state index is -0.914. The van der Waals surface area contributed by atoms with Crippen molar-refractivity contribution >= 4 is 11.8 Å². The van der Waals surface area contributed by atoms with Crippen molar-refractivity contribution < 1.29 is 23.6 Å². The summed E-state index contributed by atoms with van der Waals surface area (Å²) < 4.78 is 16.9. The van der Waals surface area contributed by atoms with E-state index in [1.54, 1.807) is 12.0 Å². The Labute approximate surface area is 196 Å². The van der Waals surface area contributed by atoms with Crippen molar-refractivity contribution in [3.8, 4) is 22.9 Å². The molecule has 2 aromatic carbocycles. The normalized spacial score (nSPS) is 23.2. The highest BCUT2D eigenvalue weighted by Crippen LogP contribution is 2.50. The van der Waals surface area contributed by atoms with Gasteiger partial charge in [0.2, 0.25) is 23.5 Å². The number of aromatic nitrogens is 2. The van der Waals surface area contributed by atoms with E-state index in [9.17, 15) is 9.59 Å². The van der Waals surface area contributed by atoms with Crippen molar-refractivity contribution in [1.82, 2.24) is 15.0 Å². The molecule has 34 heavy (non-hydrogen) atoms. The molecule has 0 radical (unpaired) electrons. The first-order valence-electron chi connectivity index (χ1n) is 11.3. The monoisotopic (exact) mass is 462 g/mol. The summed E-state index contributed by atoms with van der Waals surface area (Å²) >= 11 is 0. The minimum Gasteiger partial charge on any atom is -0.497 e. The van der Waals surface area contributed by atoms with E-state index >= 15 is 0 Å². The molecule has 2 aliphatic heterocycles. The molecular weight excluding hydrogens is 436 g/mol. The van der Waals surface area contributed by atoms with Crippen LogP contribution in [0.25, 0.3) is 11.4 Å². The number of benzene rings is 2. The van der Waals surface area contributed by atoms with Gasteiger partial charge in [-0.2, -0.15) is 4.98 Å². The SMILES string of the molecule is COc1ccc(-c2noc(CCCN3C(=O)[C@@H](C(N)=O)[C@H]4C[C@@]3(C)Oc3ccccc34)n2)cc1. The minimum absolute atomic E-state index is 0.292. The van der Waals surface area contributed by atoms with Crippen LogP contribution in [0.1, 0.15) is 37.1 Å². The maximum absolute atomic E-state index is 13.4. The topological polar surface area (TPSA) is 121 Å². The average molecular weight is 463 g/mol. The van der Waals surface area contributed by atoms with Gasteiger partial charge >= 0.3 is 0 Å². The second-order valence-corrected chi connectivity index (χ2v) is 8.84. The molecule has 0 unspecified atom stereocenters. The van der Waals surface area contributed by atoms with Crippen LogP contribution in [0.15, 0.2) is 53.1 Å². The first-order valence-corrected chi connectivity index (χ1v) is 11.3. The number of nitrogens with zero attached hydrogens (tertiary/aromatic N) is 3. The number of carbonyl (C=O) groups is 2. The molecule has 176 valence electrons. The quantitative estimate of drug-likeness (QED) is 0.536. The molecule has 3 atom stereocenters. The summed E-state index contributed by atoms with van der Waals surface area (Å²) in [4.78, 5) is 31.8. The first-order chi connectivity index (χ1) is 16.4. The molecule has 1 fully saturated rings. The highest BCUT2D eigenvalue weighted by molar-refractivity contribution is 6.01. The second kappa shape index (κ2) is 8.48. The fourth-order valence-electron chi connectivity index (χ4n) is 4.98. The van der Waals surface area contributed by atoms with E-state index in [1.165, 1.54) is 0 Å². The number of nitrogens with two attached hydrogens (primary N) is 1. The molecule has 2 aliphatic rings. The van der Waals surface area contributed by atoms with Gasteiger partial charge in [0.15, 0.2) is 5.72 Å². The Morgan fingerprint density at radius 2 is 2.00 bits per heavy atom. The number of piperidine rings is 1. The summed E-state index contributed by atoms with van der Waals surface area (Å²) in [5.74, 6) is 0.275. The van der Waals surface area contributed by atoms with Crippen molar-refractivity contribution in [3.63, 3.8) is 0 Å². The zero-order valence-electron chi connectivity index (χ0n) is 19.1. The van der Waals surface area contributed by atoms with Crippen molar-refractivity contribution in [2.45, 2.75) is 37.8 Å². The lowest BCUT2D eigenvalue weighted by Gasteiger charge is -2.52. The molecule has 2 bridgehead atoms. The van der Waals surface area contributed by atoms with Crippen LogP contribution >= 0.6 is 0 Å². The Balaban J connectivity index is 1.30. The third-order valence-corrected chi connectivity index (χ3v) is 6.65. The third kappa shape index (κ3) is 3.76. The smallest absolute Gasteiger partial charge is 0.238 e. The van der Waals surface area contributed by atoms with Gasteiger partial charge in [0.1, 0.15) is 17.4 Å². The molecule has 0 aliphatic carbocycles. The molecule has 1 aromatic heterocycles. The number of amides is 2. The summed E-state index contributed by atoms with van der Waals surface area (Å²) in [6, 6.07) is 14.9. The molecule has 9 nitrogen and oxygen atoms in total. The Kier molecular flexibility index (Phi) is 5.47. The highest BCUT2D eigenvalue weighted by Gasteiger charge is 2.55. The highest BCUT2D eigenvalue weighted by atomic mass is 16.5. The number of likely N-dealkylation sites (tertiary alicyclic amines) is 1. The molecule has 9 heteroatoms. The van der Waals surface area contributed by atoms with E-state index in [0.29, 0.717) is 43.3 Å². The molecule has 0 saturated carbocycles. The lowest BCUT2D eigenvalue weighted by molar-refractivity contribution is -0.175. The molecule has 2 N–H and O–H groups in total. The summed E-state index contributed by atoms with van der Waals surface area (Å²) in [5.41, 5.74) is 6.50. The predicted octanol–water partition coefficient (Wildman–Crippen LogP) is 2.90. The zero-order chi connectivity index (χ0) is 23.9. The number of fused-ring (bicyclic) bond motifs is 4. The zero-order valence-corrected chi connectivity index (χ0v) is 19.1. The standard InChI is InChI=1S/C25H26N4O5/c1-25-14-18(17-6-3-4-7-19(17)33-25)21(22(26)30)24(31)29(25)13-5-8-20-27-23(28-34-20)15-9-11-16(32-2)12-10-15/h3-4,6-7,9-12,18,21H,5,8,13-14H2,1-2H3,(H2,26,30)/t18-,21+,25+/m0/s1. The van der Waals surface area contributed by atoms with Crippen LogP contribution < -0.4 is 15.2 Å². The summed E-state index contributed by atoms with van der Waals surface area (Å²) in [6.45, 7) is 2.26. The van der Waals surface area contributed by atoms with Gasteiger partial charge in [-0.05, 0) is 49.2 Å². The van der Waals surface area contributed by atoms with Crippen molar-refractivity contribution in [2.75, 3.05) is 13.7 Å². The number of primary amides is 1. The van der Waals surface area contributed by atoms with Crippen LogP contribution in [0, 0.1) is 5.92 Å². The number of hydrogen-bond acceptors (Lipinski definition) is 7. The van der Waals surface area contributed by atoms with Gasteiger partial charge in [-0.3, -0.25) is 9.59 Å². The number of ether oxygens (including phenoxy) is 2. The average Bonchev–Trinajstić information content (AvgIpc) is 3.30. The van der Waals surface area contributed by atoms with Crippen LogP contribution in [0.4, 0.5) is 0 Å². The summed E-state index contributed by atoms with van der Waals surface area (Å²) in [6.07, 6.45) is 1.54. The second-order valence-electron chi connectivity index (χ2n) is 8.84. The number of aryl methyl sites for hydroxylation is 1. The summed E-state index contributed by atoms with van der Waals surface area (Å²) in [7, 11) is 1.61. The molecule has 3 aromatic rings. The van der Waals surface area contributed by atoms with Crippen molar-refractivity contribution in [3.05, 3.63) is 60.0 Å². The molecule has 3 heterocycles. The third-order valence-electron chi connectivity index (χ3n) is 6.65. The van der Waals surface area contributed by atoms with Gasteiger partial charge in [-0.15, -0.1) is 0 Å². The van der Waals surface area contributed by atoms with Gasteiger partial charge in [-0.25, -0.2) is 0 Å². The number of rotatable bonds is 7. The first kappa shape index (κ1) is 21.9. The van der Waals surface area contributed by atoms with Crippen LogP contribution in [0.5, 0.6) is 11.5 Å². The van der Waals surface area contributed by atoms with E-state index in [0.717, 1.165) is 16.9 Å². The van der Waals surface area contributed by atoms with E-state index in [-0.39, 0.29) is 11.8 Å². The van der Waals surface area contributed by atoms with Crippen LogP contribution in [0.2, 0.25) is 0 Å². The van der Waals surface area contributed by atoms with Crippen LogP contribution in [0.3, 0.4) is 0 Å². The van der Waals surface area contributed by atoms with Gasteiger partial charge < -0.3 is 24.6 Å². The Hall–Kier alpha value is -3.88. The van der Waals surface area contributed by atoms with E-state index in [2.05, 4.69) is 10.1 Å². The number of hydrogen-bond donors (Lipinski definition) is 1. The van der Waals surface area contributed by atoms with E-state index in [1.807, 2.05) is 55.5 Å². The van der Waals surface area contributed by atoms with E-state index in [4.69, 9.17) is 19.7 Å². The fourth-order valence-corrected chi connectivity index (χ4v) is 4.98. The van der Waals surface area contributed by atoms with E-state index < -0.39 is 17.6 Å². The fraction of sp³-hybridized carbons (Fsp3) is 0.360. The number of carbonyl (C=O) groups excluding carboxylic acids is 2. The molecule has 5 rings (SSSR count). The summed E-state index contributed by atoms with van der Waals surface area (Å²) in [5, 5.41) is 4.05. The van der Waals surface area contributed by atoms with Crippen LogP contribution in [-0.4, -0.2) is 46.2 Å². The van der Waals surface area contributed by atoms with Gasteiger partial charge in [0.05, 0.1) is 7.11 Å². The lowest BCUT2D eigenvalue weighted by Crippen LogP contribution is -2.64. The predicted molar refractivity (Wildman–Crippen MR) is 122 cm³/mol. The van der Waals surface area contributed by atoms with Gasteiger partial charge in [-0.1, -0.05) is 23.4 Å². The number of methoxy groups -OCH3 is 1. The van der Waals surface area contributed by atoms with Gasteiger partial charge in [0, 0.05) is 30.9 Å². The Morgan fingerprint density at radius 3 is 2.74 bits per heavy atom. The maximum Gasteiger partial charge on any atom is 0.238 e. The van der Waals surface area contributed by atoms with Crippen molar-refractivity contribution in [2.24, 2.45) is 11.7 Å². The largest absolute Gasteiger partial charge is 0.497 e. The Morgan fingerprint density at radius 1 is 1.24 bits per heavy atom. The molecule has 1 saturated heterocycles. The molecular formula is C25H26N4O5. The van der Waals surface area contributed by atoms with Crippen LogP contribution in [-0.2, 0) is 16.0 Å². The Bertz CT molecular complexity index is 1220. The molecule has 2 amide bonds. The molecule has 0 spiro atoms. The maximum atomic E-state index is 13.4. The van der Waals surface area contributed by atoms with Crippen molar-refractivity contribution in [1.29, 1.82) is 0 Å². The lowest BCUT2D eigenvalue weighted by atomic mass is 9.73. The van der Waals surface area contributed by atoms with Gasteiger partial charge in [0.25, 0.3) is 0 Å².